The Balaban J connectivity index is 2.43. The van der Waals surface area contributed by atoms with Gasteiger partial charge in [0.05, 0.1) is 11.8 Å². The molecule has 1 aromatic heterocycles. The number of hydrogen-bond donors (Lipinski definition) is 1. The fraction of sp³-hybridized carbons (Fsp3) is 0.0714. The van der Waals surface area contributed by atoms with Crippen LogP contribution in [-0.2, 0) is 4.79 Å². The second kappa shape index (κ2) is 5.16. The summed E-state index contributed by atoms with van der Waals surface area (Å²) < 4.78 is 5.22. The molecule has 3 heteroatoms. The molecular weight excluding hydrogens is 214 g/mol. The third-order valence-electron chi connectivity index (χ3n) is 2.39. The minimum Gasteiger partial charge on any atom is -0.465 e. The van der Waals surface area contributed by atoms with Crippen LogP contribution >= 0.6 is 0 Å². The van der Waals surface area contributed by atoms with Crippen molar-refractivity contribution in [3.05, 3.63) is 60.1 Å². The van der Waals surface area contributed by atoms with Crippen LogP contribution < -0.4 is 5.32 Å². The van der Waals surface area contributed by atoms with Gasteiger partial charge in [0.1, 0.15) is 5.76 Å². The largest absolute Gasteiger partial charge is 0.465 e. The van der Waals surface area contributed by atoms with Gasteiger partial charge in [-0.15, -0.1) is 0 Å². The first-order valence-electron chi connectivity index (χ1n) is 5.34. The maximum atomic E-state index is 11.8. The predicted octanol–water partition coefficient (Wildman–Crippen LogP) is 2.57. The molecule has 0 bridgehead atoms. The Morgan fingerprint density at radius 3 is 2.53 bits per heavy atom. The number of likely N-dealkylation sites (N-methyl/N-ethyl adjacent to an activating group) is 1. The standard InChI is InChI=1S/C14H13NO2/c1-15-14(16)13(10-12-8-5-9-17-12)11-6-3-2-4-7-11/h2-10H,1H3,(H,15,16)/b13-10+. The number of hydrogen-bond acceptors (Lipinski definition) is 2. The van der Waals surface area contributed by atoms with E-state index < -0.39 is 0 Å². The molecule has 0 saturated heterocycles. The van der Waals surface area contributed by atoms with E-state index in [0.717, 1.165) is 5.56 Å². The van der Waals surface area contributed by atoms with Gasteiger partial charge in [0.25, 0.3) is 5.91 Å². The Morgan fingerprint density at radius 2 is 1.94 bits per heavy atom. The van der Waals surface area contributed by atoms with Crippen LogP contribution in [0.5, 0.6) is 0 Å². The molecule has 1 N–H and O–H groups in total. The van der Waals surface area contributed by atoms with Crippen molar-refractivity contribution in [1.29, 1.82) is 0 Å². The summed E-state index contributed by atoms with van der Waals surface area (Å²) in [7, 11) is 1.61. The van der Waals surface area contributed by atoms with Crippen LogP contribution in [0, 0.1) is 0 Å². The first-order valence-corrected chi connectivity index (χ1v) is 5.34. The molecule has 0 aliphatic carbocycles. The number of rotatable bonds is 3. The summed E-state index contributed by atoms with van der Waals surface area (Å²) in [6, 6.07) is 13.1. The number of amides is 1. The zero-order valence-electron chi connectivity index (χ0n) is 9.51. The summed E-state index contributed by atoms with van der Waals surface area (Å²) >= 11 is 0. The zero-order valence-corrected chi connectivity index (χ0v) is 9.51. The van der Waals surface area contributed by atoms with E-state index in [1.165, 1.54) is 0 Å². The predicted molar refractivity (Wildman–Crippen MR) is 67.1 cm³/mol. The molecule has 1 aromatic carbocycles. The van der Waals surface area contributed by atoms with Crippen molar-refractivity contribution in [2.24, 2.45) is 0 Å². The average Bonchev–Trinajstić information content (AvgIpc) is 2.89. The van der Waals surface area contributed by atoms with Crippen LogP contribution in [0.3, 0.4) is 0 Å². The monoisotopic (exact) mass is 227 g/mol. The summed E-state index contributed by atoms with van der Waals surface area (Å²) in [6.45, 7) is 0. The number of carbonyl (C=O) groups excluding carboxylic acids is 1. The molecular formula is C14H13NO2. The van der Waals surface area contributed by atoms with Crippen LogP contribution in [0.15, 0.2) is 53.1 Å². The highest BCUT2D eigenvalue weighted by Crippen LogP contribution is 2.18. The molecule has 0 aliphatic rings. The fourth-order valence-corrected chi connectivity index (χ4v) is 1.55. The third kappa shape index (κ3) is 2.64. The van der Waals surface area contributed by atoms with Gasteiger partial charge >= 0.3 is 0 Å². The summed E-state index contributed by atoms with van der Waals surface area (Å²) in [6.07, 6.45) is 3.31. The number of benzene rings is 1. The molecule has 1 heterocycles. The SMILES string of the molecule is CNC(=O)/C(=C/c1ccco1)c1ccccc1. The second-order valence-corrected chi connectivity index (χ2v) is 3.52. The molecule has 0 unspecified atom stereocenters. The molecule has 0 saturated carbocycles. The van der Waals surface area contributed by atoms with Crippen molar-refractivity contribution >= 4 is 17.6 Å². The normalized spacial score (nSPS) is 11.2. The van der Waals surface area contributed by atoms with E-state index in [1.54, 1.807) is 25.5 Å². The molecule has 0 spiro atoms. The lowest BCUT2D eigenvalue weighted by molar-refractivity contribution is -0.115. The molecule has 0 radical (unpaired) electrons. The number of furan rings is 1. The van der Waals surface area contributed by atoms with E-state index in [-0.39, 0.29) is 5.91 Å². The van der Waals surface area contributed by atoms with Gasteiger partial charge in [0.2, 0.25) is 0 Å². The minimum atomic E-state index is -0.132. The van der Waals surface area contributed by atoms with E-state index in [1.807, 2.05) is 36.4 Å². The maximum Gasteiger partial charge on any atom is 0.251 e. The van der Waals surface area contributed by atoms with Crippen LogP contribution in [-0.4, -0.2) is 13.0 Å². The lowest BCUT2D eigenvalue weighted by atomic mass is 10.0. The van der Waals surface area contributed by atoms with Crippen molar-refractivity contribution in [2.45, 2.75) is 0 Å². The molecule has 0 aliphatic heterocycles. The molecule has 2 aromatic rings. The van der Waals surface area contributed by atoms with Gasteiger partial charge in [0.15, 0.2) is 0 Å². The van der Waals surface area contributed by atoms with Crippen molar-refractivity contribution in [2.75, 3.05) is 7.05 Å². The molecule has 86 valence electrons. The summed E-state index contributed by atoms with van der Waals surface area (Å²) in [5, 5.41) is 2.63. The summed E-state index contributed by atoms with van der Waals surface area (Å²) in [4.78, 5) is 11.8. The van der Waals surface area contributed by atoms with E-state index in [9.17, 15) is 4.79 Å². The molecule has 3 nitrogen and oxygen atoms in total. The molecule has 0 fully saturated rings. The fourth-order valence-electron chi connectivity index (χ4n) is 1.55. The van der Waals surface area contributed by atoms with Crippen molar-refractivity contribution in [3.63, 3.8) is 0 Å². The number of nitrogens with one attached hydrogen (secondary N) is 1. The van der Waals surface area contributed by atoms with Crippen LogP contribution in [0.2, 0.25) is 0 Å². The molecule has 17 heavy (non-hydrogen) atoms. The Hall–Kier alpha value is -2.29. The van der Waals surface area contributed by atoms with Crippen LogP contribution in [0.4, 0.5) is 0 Å². The van der Waals surface area contributed by atoms with E-state index >= 15 is 0 Å². The Bertz CT molecular complexity index is 512. The Labute approximate surface area is 99.8 Å². The van der Waals surface area contributed by atoms with Crippen molar-refractivity contribution in [3.8, 4) is 0 Å². The first-order chi connectivity index (χ1) is 8.31. The minimum absolute atomic E-state index is 0.132. The molecule has 2 rings (SSSR count). The van der Waals surface area contributed by atoms with Crippen LogP contribution in [0.25, 0.3) is 11.6 Å². The van der Waals surface area contributed by atoms with Gasteiger partial charge in [0, 0.05) is 7.05 Å². The first kappa shape index (κ1) is 11.2. The molecule has 1 amide bonds. The van der Waals surface area contributed by atoms with Gasteiger partial charge in [-0.25, -0.2) is 0 Å². The highest BCUT2D eigenvalue weighted by Gasteiger charge is 2.10. The highest BCUT2D eigenvalue weighted by molar-refractivity contribution is 6.23. The lowest BCUT2D eigenvalue weighted by Crippen LogP contribution is -2.19. The topological polar surface area (TPSA) is 42.2 Å². The lowest BCUT2D eigenvalue weighted by Gasteiger charge is -2.05. The van der Waals surface area contributed by atoms with Gasteiger partial charge in [-0.2, -0.15) is 0 Å². The Morgan fingerprint density at radius 1 is 1.18 bits per heavy atom. The van der Waals surface area contributed by atoms with Crippen LogP contribution in [0.1, 0.15) is 11.3 Å². The zero-order chi connectivity index (χ0) is 12.1. The van der Waals surface area contributed by atoms with Gasteiger partial charge in [-0.1, -0.05) is 30.3 Å². The van der Waals surface area contributed by atoms with Gasteiger partial charge in [-0.3, -0.25) is 4.79 Å². The average molecular weight is 227 g/mol. The quantitative estimate of drug-likeness (QED) is 0.819. The highest BCUT2D eigenvalue weighted by atomic mass is 16.3. The van der Waals surface area contributed by atoms with Crippen molar-refractivity contribution in [1.82, 2.24) is 5.32 Å². The third-order valence-corrected chi connectivity index (χ3v) is 2.39. The molecule has 0 atom stereocenters. The summed E-state index contributed by atoms with van der Waals surface area (Å²) in [5.74, 6) is 0.528. The van der Waals surface area contributed by atoms with E-state index in [0.29, 0.717) is 11.3 Å². The summed E-state index contributed by atoms with van der Waals surface area (Å²) in [5.41, 5.74) is 1.45. The Kier molecular flexibility index (Phi) is 3.40. The van der Waals surface area contributed by atoms with E-state index in [4.69, 9.17) is 4.42 Å². The smallest absolute Gasteiger partial charge is 0.251 e. The van der Waals surface area contributed by atoms with Gasteiger partial charge in [-0.05, 0) is 23.8 Å². The van der Waals surface area contributed by atoms with Crippen molar-refractivity contribution < 1.29 is 9.21 Å². The number of carbonyl (C=O) groups is 1. The second-order valence-electron chi connectivity index (χ2n) is 3.52. The maximum absolute atomic E-state index is 11.8. The van der Waals surface area contributed by atoms with E-state index in [2.05, 4.69) is 5.32 Å². The van der Waals surface area contributed by atoms with Gasteiger partial charge < -0.3 is 9.73 Å².